The van der Waals surface area contributed by atoms with E-state index in [4.69, 9.17) is 0 Å². The molecular weight excluding hydrogens is 579 g/mol. The number of halogens is 11. The summed E-state index contributed by atoms with van der Waals surface area (Å²) in [5.74, 6) is -1.17. The normalized spacial score (nSPS) is 15.0. The van der Waals surface area contributed by atoms with Gasteiger partial charge in [-0.15, -0.1) is 0 Å². The van der Waals surface area contributed by atoms with Crippen LogP contribution in [0.25, 0.3) is 0 Å². The van der Waals surface area contributed by atoms with Crippen LogP contribution in [0, 0.1) is 9.39 Å². The number of rotatable bonds is 5. The first-order valence-corrected chi connectivity index (χ1v) is 12.6. The van der Waals surface area contributed by atoms with E-state index in [0.29, 0.717) is 12.1 Å². The summed E-state index contributed by atoms with van der Waals surface area (Å²) >= 11 is -5.61. The fourth-order valence-electron chi connectivity index (χ4n) is 1.44. The van der Waals surface area contributed by atoms with Gasteiger partial charge in [-0.3, -0.25) is 0 Å². The van der Waals surface area contributed by atoms with Gasteiger partial charge >= 0.3 is 158 Å². The van der Waals surface area contributed by atoms with E-state index in [0.717, 1.165) is 0 Å². The molecule has 0 saturated heterocycles. The predicted molar refractivity (Wildman–Crippen MR) is 81.8 cm³/mol. The summed E-state index contributed by atoms with van der Waals surface area (Å²) in [5.41, 5.74) is -13.3. The molecule has 0 aliphatic carbocycles. The molecule has 0 fully saturated rings. The molecule has 0 spiro atoms. The molecule has 0 aliphatic rings. The number of hydrogen-bond acceptors (Lipinski definition) is 4. The van der Waals surface area contributed by atoms with E-state index in [-0.39, 0.29) is 12.1 Å². The predicted octanol–water partition coefficient (Wildman–Crippen LogP) is 3.98. The van der Waals surface area contributed by atoms with Gasteiger partial charge in [0.25, 0.3) is 0 Å². The van der Waals surface area contributed by atoms with Crippen LogP contribution in [0.15, 0.2) is 24.3 Å². The third-order valence-corrected chi connectivity index (χ3v) is 15.6. The zero-order valence-corrected chi connectivity index (χ0v) is 16.4. The third kappa shape index (κ3) is 5.38. The molecule has 0 amide bonds. The molecule has 0 heterocycles. The van der Waals surface area contributed by atoms with Crippen LogP contribution < -0.4 is 0 Å². The van der Waals surface area contributed by atoms with E-state index >= 15 is 0 Å². The molecule has 0 saturated carbocycles. The molecule has 0 unspecified atom stereocenters. The van der Waals surface area contributed by atoms with Crippen molar-refractivity contribution in [1.82, 2.24) is 1.92 Å². The van der Waals surface area contributed by atoms with Crippen molar-refractivity contribution in [3.05, 3.63) is 33.7 Å². The summed E-state index contributed by atoms with van der Waals surface area (Å²) in [6, 6.07) is 1.23. The van der Waals surface area contributed by atoms with Crippen LogP contribution in [0.3, 0.4) is 0 Å². The maximum atomic E-state index is 12.9. The zero-order valence-electron chi connectivity index (χ0n) is 12.6. The number of sulfonamides is 2. The van der Waals surface area contributed by atoms with Gasteiger partial charge in [-0.25, -0.2) is 0 Å². The Hall–Kier alpha value is -0.890. The average Bonchev–Trinajstić information content (AvgIpc) is 2.43. The van der Waals surface area contributed by atoms with E-state index in [1.807, 2.05) is 0 Å². The first kappa shape index (κ1) is 25.1. The minimum absolute atomic E-state index is 0.288. The fourth-order valence-corrected chi connectivity index (χ4v) is 13.7. The van der Waals surface area contributed by atoms with Gasteiger partial charge in [0.05, 0.1) is 0 Å². The topological polar surface area (TPSA) is 71.5 Å². The summed E-state index contributed by atoms with van der Waals surface area (Å²) in [7, 11) is -14.8. The Kier molecular flexibility index (Phi) is 6.95. The Morgan fingerprint density at radius 3 is 1.39 bits per heavy atom. The Balaban J connectivity index is 3.90. The monoisotopic (exact) mass is 585 g/mol. The van der Waals surface area contributed by atoms with Crippen molar-refractivity contribution >= 4 is 40.1 Å². The SMILES string of the molecule is O=S(=O)(N(I(CC(F)(F)F)c1ccc(F)cc1)S(=O)(=O)C(F)(F)F)C(F)(F)F. The zero-order chi connectivity index (χ0) is 22.3. The van der Waals surface area contributed by atoms with Gasteiger partial charge in [0, 0.05) is 0 Å². The minimum atomic E-state index is -7.41. The fraction of sp³-hybridized carbons (Fsp3) is 0.400. The second-order valence-electron chi connectivity index (χ2n) is 4.58. The van der Waals surface area contributed by atoms with E-state index in [2.05, 4.69) is 0 Å². The van der Waals surface area contributed by atoms with Gasteiger partial charge in [-0.2, -0.15) is 0 Å². The molecule has 1 rings (SSSR count). The van der Waals surface area contributed by atoms with Crippen molar-refractivity contribution in [2.24, 2.45) is 0 Å². The Bertz CT molecular complexity index is 861. The summed E-state index contributed by atoms with van der Waals surface area (Å²) < 4.78 is 168. The molecule has 0 radical (unpaired) electrons. The van der Waals surface area contributed by atoms with Gasteiger partial charge in [-0.1, -0.05) is 0 Å². The molecule has 0 atom stereocenters. The third-order valence-electron chi connectivity index (χ3n) is 2.46. The molecule has 0 aromatic heterocycles. The number of alkyl halides is 10. The molecule has 5 nitrogen and oxygen atoms in total. The summed E-state index contributed by atoms with van der Waals surface area (Å²) in [4.78, 5) is 0. The van der Waals surface area contributed by atoms with Crippen molar-refractivity contribution in [3.8, 4) is 0 Å². The van der Waals surface area contributed by atoms with E-state index in [1.165, 1.54) is 0 Å². The van der Waals surface area contributed by atoms with Crippen LogP contribution in [0.1, 0.15) is 0 Å². The van der Waals surface area contributed by atoms with Crippen molar-refractivity contribution in [1.29, 1.82) is 0 Å². The molecule has 164 valence electrons. The number of benzene rings is 1. The van der Waals surface area contributed by atoms with E-state index in [9.17, 15) is 60.7 Å². The average molecular weight is 585 g/mol. The summed E-state index contributed by atoms with van der Waals surface area (Å²) in [6.07, 6.45) is -5.54. The van der Waals surface area contributed by atoms with Crippen molar-refractivity contribution in [3.63, 3.8) is 0 Å². The van der Waals surface area contributed by atoms with Gasteiger partial charge in [-0.05, 0) is 0 Å². The van der Waals surface area contributed by atoms with Gasteiger partial charge < -0.3 is 0 Å². The maximum absolute atomic E-state index is 12.9. The standard InChI is InChI=1S/C10H6F10INO4S2/c11-6-1-3-7(4-2-6)21(5-8(12,13)14)22(27(23,24)9(15,16)17)28(25,26)10(18,19)20/h1-4H,5H2. The van der Waals surface area contributed by atoms with Crippen LogP contribution >= 0.6 is 20.1 Å². The summed E-state index contributed by atoms with van der Waals surface area (Å²) in [5, 5.41) is 0. The molecule has 1 aromatic rings. The second kappa shape index (κ2) is 7.74. The number of hydrogen-bond donors (Lipinski definition) is 0. The molecule has 18 heteroatoms. The van der Waals surface area contributed by atoms with Crippen LogP contribution in [0.5, 0.6) is 0 Å². The van der Waals surface area contributed by atoms with Crippen LogP contribution in [-0.2, 0) is 20.0 Å². The quantitative estimate of drug-likeness (QED) is 0.227. The Labute approximate surface area is 158 Å². The first-order valence-electron chi connectivity index (χ1n) is 6.13. The molecule has 1 aromatic carbocycles. The molecular formula is C10H6F10INO4S2. The van der Waals surface area contributed by atoms with E-state index in [1.54, 1.807) is 0 Å². The number of nitrogens with zero attached hydrogens (tertiary/aromatic N) is 1. The van der Waals surface area contributed by atoms with Crippen molar-refractivity contribution < 1.29 is 60.7 Å². The molecule has 0 bridgehead atoms. The van der Waals surface area contributed by atoms with Gasteiger partial charge in [0.2, 0.25) is 0 Å². The van der Waals surface area contributed by atoms with Gasteiger partial charge in [0.15, 0.2) is 0 Å². The van der Waals surface area contributed by atoms with Gasteiger partial charge in [0.1, 0.15) is 0 Å². The van der Waals surface area contributed by atoms with Crippen molar-refractivity contribution in [2.75, 3.05) is 4.43 Å². The molecule has 0 N–H and O–H groups in total. The van der Waals surface area contributed by atoms with Crippen LogP contribution in [0.2, 0.25) is 0 Å². The second-order valence-corrected chi connectivity index (χ2v) is 14.6. The Morgan fingerprint density at radius 1 is 0.750 bits per heavy atom. The molecule has 0 aliphatic heterocycles. The Morgan fingerprint density at radius 2 is 1.11 bits per heavy atom. The van der Waals surface area contributed by atoms with Crippen molar-refractivity contribution in [2.45, 2.75) is 17.2 Å². The van der Waals surface area contributed by atoms with E-state index < -0.39 is 73.1 Å². The van der Waals surface area contributed by atoms with Crippen LogP contribution in [-0.4, -0.2) is 40.4 Å². The van der Waals surface area contributed by atoms with Crippen LogP contribution in [0.4, 0.5) is 43.9 Å². The molecule has 28 heavy (non-hydrogen) atoms. The first-order chi connectivity index (χ1) is 12.2. The summed E-state index contributed by atoms with van der Waals surface area (Å²) in [6.45, 7) is 0.